The van der Waals surface area contributed by atoms with Crippen molar-refractivity contribution in [2.45, 2.75) is 13.8 Å². The van der Waals surface area contributed by atoms with Crippen molar-refractivity contribution in [3.05, 3.63) is 35.3 Å². The molecule has 0 unspecified atom stereocenters. The smallest absolute Gasteiger partial charge is 0.225 e. The minimum Gasteiger partial charge on any atom is -0.225 e. The third kappa shape index (κ3) is 2.82. The molecule has 0 saturated heterocycles. The summed E-state index contributed by atoms with van der Waals surface area (Å²) >= 11 is 0. The van der Waals surface area contributed by atoms with Gasteiger partial charge in [-0.3, -0.25) is 0 Å². The molecular formula is C9H13NO2S. The molecule has 0 heterocycles. The Hall–Kier alpha value is -0.870. The van der Waals surface area contributed by atoms with E-state index in [-0.39, 0.29) is 10.3 Å². The standard InChI is InChI=1S/C9H13NO2S/c1-9(2)6-3-4-8(5-7-9)13(10,11)12/h3-7H,1-2H3,(H2,10,11,12). The van der Waals surface area contributed by atoms with Crippen LogP contribution in [0.1, 0.15) is 13.8 Å². The van der Waals surface area contributed by atoms with Gasteiger partial charge in [-0.15, -0.1) is 0 Å². The Labute approximate surface area is 78.7 Å². The first-order valence-corrected chi connectivity index (χ1v) is 5.47. The molecule has 1 aliphatic rings. The van der Waals surface area contributed by atoms with E-state index < -0.39 is 10.0 Å². The minimum atomic E-state index is -3.58. The molecule has 13 heavy (non-hydrogen) atoms. The Kier molecular flexibility index (Phi) is 2.45. The third-order valence-electron chi connectivity index (χ3n) is 1.79. The second kappa shape index (κ2) is 3.12. The topological polar surface area (TPSA) is 60.2 Å². The fourth-order valence-electron chi connectivity index (χ4n) is 0.989. The van der Waals surface area contributed by atoms with Crippen LogP contribution in [0.15, 0.2) is 35.3 Å². The van der Waals surface area contributed by atoms with E-state index in [1.165, 1.54) is 12.2 Å². The number of nitrogens with two attached hydrogens (primary N) is 1. The van der Waals surface area contributed by atoms with E-state index in [1.54, 1.807) is 6.08 Å². The van der Waals surface area contributed by atoms with Gasteiger partial charge in [0.1, 0.15) is 0 Å². The molecule has 4 heteroatoms. The van der Waals surface area contributed by atoms with Gasteiger partial charge in [-0.05, 0) is 12.2 Å². The molecular weight excluding hydrogens is 186 g/mol. The molecule has 0 aromatic rings. The van der Waals surface area contributed by atoms with Crippen LogP contribution in [0.3, 0.4) is 0 Å². The Bertz CT molecular complexity index is 386. The Balaban J connectivity index is 3.10. The maximum atomic E-state index is 11.0. The molecule has 72 valence electrons. The molecule has 0 atom stereocenters. The lowest BCUT2D eigenvalue weighted by molar-refractivity contribution is 0.604. The number of sulfonamides is 1. The average Bonchev–Trinajstić information content (AvgIpc) is 2.08. The van der Waals surface area contributed by atoms with Crippen molar-refractivity contribution < 1.29 is 8.42 Å². The van der Waals surface area contributed by atoms with Gasteiger partial charge in [0.2, 0.25) is 10.0 Å². The second-order valence-electron chi connectivity index (χ2n) is 3.63. The Morgan fingerprint density at radius 1 is 1.31 bits per heavy atom. The fraction of sp³-hybridized carbons (Fsp3) is 0.333. The molecule has 0 spiro atoms. The molecule has 0 radical (unpaired) electrons. The summed E-state index contributed by atoms with van der Waals surface area (Å²) in [4.78, 5) is 0.148. The minimum absolute atomic E-state index is 0.122. The van der Waals surface area contributed by atoms with E-state index in [9.17, 15) is 8.42 Å². The summed E-state index contributed by atoms with van der Waals surface area (Å²) in [5.74, 6) is 0. The zero-order chi connectivity index (χ0) is 10.1. The van der Waals surface area contributed by atoms with Gasteiger partial charge in [-0.2, -0.15) is 0 Å². The van der Waals surface area contributed by atoms with Crippen molar-refractivity contribution in [3.63, 3.8) is 0 Å². The number of rotatable bonds is 1. The zero-order valence-electron chi connectivity index (χ0n) is 7.69. The summed E-state index contributed by atoms with van der Waals surface area (Å²) in [5, 5.41) is 4.99. The van der Waals surface area contributed by atoms with Crippen molar-refractivity contribution >= 4 is 10.0 Å². The lowest BCUT2D eigenvalue weighted by atomic mass is 9.93. The van der Waals surface area contributed by atoms with E-state index in [0.29, 0.717) is 0 Å². The molecule has 1 aliphatic carbocycles. The molecule has 0 saturated carbocycles. The Morgan fingerprint density at radius 3 is 2.46 bits per heavy atom. The molecule has 0 aromatic heterocycles. The summed E-state index contributed by atoms with van der Waals surface area (Å²) in [5.41, 5.74) is -0.122. The molecule has 1 rings (SSSR count). The first kappa shape index (κ1) is 10.2. The monoisotopic (exact) mass is 199 g/mol. The molecule has 2 N–H and O–H groups in total. The summed E-state index contributed by atoms with van der Waals surface area (Å²) in [6.07, 6.45) is 8.48. The van der Waals surface area contributed by atoms with Gasteiger partial charge in [-0.25, -0.2) is 13.6 Å². The predicted molar refractivity (Wildman–Crippen MR) is 53.3 cm³/mol. The number of allylic oxidation sites excluding steroid dienone is 5. The number of primary sulfonamides is 1. The average molecular weight is 199 g/mol. The van der Waals surface area contributed by atoms with E-state index >= 15 is 0 Å². The van der Waals surface area contributed by atoms with Crippen LogP contribution in [0, 0.1) is 5.41 Å². The van der Waals surface area contributed by atoms with E-state index in [4.69, 9.17) is 5.14 Å². The maximum absolute atomic E-state index is 11.0. The lowest BCUT2D eigenvalue weighted by Gasteiger charge is -2.12. The van der Waals surface area contributed by atoms with Gasteiger partial charge in [0.05, 0.1) is 4.91 Å². The van der Waals surface area contributed by atoms with Crippen LogP contribution in [0.4, 0.5) is 0 Å². The second-order valence-corrected chi connectivity index (χ2v) is 5.19. The van der Waals surface area contributed by atoms with Crippen molar-refractivity contribution in [2.24, 2.45) is 10.6 Å². The van der Waals surface area contributed by atoms with Gasteiger partial charge in [0.25, 0.3) is 0 Å². The van der Waals surface area contributed by atoms with Crippen LogP contribution >= 0.6 is 0 Å². The SMILES string of the molecule is CC1(C)C=CC=C(S(N)(=O)=O)C=C1. The van der Waals surface area contributed by atoms with Gasteiger partial charge >= 0.3 is 0 Å². The largest absolute Gasteiger partial charge is 0.238 e. The molecule has 0 aliphatic heterocycles. The normalized spacial score (nSPS) is 21.0. The molecule has 0 aromatic carbocycles. The fourth-order valence-corrected chi connectivity index (χ4v) is 1.51. The predicted octanol–water partition coefficient (Wildman–Crippen LogP) is 1.31. The molecule has 0 bridgehead atoms. The zero-order valence-corrected chi connectivity index (χ0v) is 8.51. The van der Waals surface area contributed by atoms with Crippen LogP contribution < -0.4 is 5.14 Å². The highest BCUT2D eigenvalue weighted by atomic mass is 32.2. The van der Waals surface area contributed by atoms with Crippen molar-refractivity contribution in [1.29, 1.82) is 0 Å². The molecule has 3 nitrogen and oxygen atoms in total. The molecule has 0 fully saturated rings. The van der Waals surface area contributed by atoms with Crippen LogP contribution in [0.25, 0.3) is 0 Å². The van der Waals surface area contributed by atoms with Crippen molar-refractivity contribution in [1.82, 2.24) is 0 Å². The quantitative estimate of drug-likeness (QED) is 0.692. The highest BCUT2D eigenvalue weighted by Crippen LogP contribution is 2.23. The van der Waals surface area contributed by atoms with E-state index in [2.05, 4.69) is 0 Å². The van der Waals surface area contributed by atoms with Crippen LogP contribution in [-0.2, 0) is 10.0 Å². The van der Waals surface area contributed by atoms with Gasteiger partial charge in [0.15, 0.2) is 0 Å². The van der Waals surface area contributed by atoms with E-state index in [1.807, 2.05) is 26.0 Å². The summed E-state index contributed by atoms with van der Waals surface area (Å²) in [7, 11) is -3.58. The van der Waals surface area contributed by atoms with E-state index in [0.717, 1.165) is 0 Å². The number of hydrogen-bond donors (Lipinski definition) is 1. The summed E-state index contributed by atoms with van der Waals surface area (Å²) in [6, 6.07) is 0. The highest BCUT2D eigenvalue weighted by Gasteiger charge is 2.14. The molecule has 0 amide bonds. The lowest BCUT2D eigenvalue weighted by Crippen LogP contribution is -2.13. The number of hydrogen-bond acceptors (Lipinski definition) is 2. The third-order valence-corrected chi connectivity index (χ3v) is 2.72. The summed E-state index contributed by atoms with van der Waals surface area (Å²) in [6.45, 7) is 3.97. The maximum Gasteiger partial charge on any atom is 0.238 e. The van der Waals surface area contributed by atoms with Crippen LogP contribution in [0.5, 0.6) is 0 Å². The van der Waals surface area contributed by atoms with Gasteiger partial charge in [0, 0.05) is 5.41 Å². The van der Waals surface area contributed by atoms with Crippen LogP contribution in [-0.4, -0.2) is 8.42 Å². The first-order valence-electron chi connectivity index (χ1n) is 3.93. The van der Waals surface area contributed by atoms with Gasteiger partial charge < -0.3 is 0 Å². The van der Waals surface area contributed by atoms with Crippen LogP contribution in [0.2, 0.25) is 0 Å². The first-order chi connectivity index (χ1) is 5.81. The van der Waals surface area contributed by atoms with Crippen molar-refractivity contribution in [2.75, 3.05) is 0 Å². The van der Waals surface area contributed by atoms with Crippen molar-refractivity contribution in [3.8, 4) is 0 Å². The summed E-state index contributed by atoms with van der Waals surface area (Å²) < 4.78 is 21.9. The highest BCUT2D eigenvalue weighted by molar-refractivity contribution is 7.93. The van der Waals surface area contributed by atoms with Gasteiger partial charge in [-0.1, -0.05) is 32.1 Å². The Morgan fingerprint density at radius 2 is 1.92 bits per heavy atom.